The van der Waals surface area contributed by atoms with Gasteiger partial charge in [0.05, 0.1) is 0 Å². The zero-order valence-corrected chi connectivity index (χ0v) is 11.5. The van der Waals surface area contributed by atoms with E-state index in [4.69, 9.17) is 0 Å². The quantitative estimate of drug-likeness (QED) is 0.896. The summed E-state index contributed by atoms with van der Waals surface area (Å²) in [6.07, 6.45) is 2.56. The average Bonchev–Trinajstić information content (AvgIpc) is 2.25. The molecule has 0 spiro atoms. The predicted octanol–water partition coefficient (Wildman–Crippen LogP) is 3.26. The van der Waals surface area contributed by atoms with E-state index in [0.717, 1.165) is 6.54 Å². The molecule has 0 aromatic heterocycles. The summed E-state index contributed by atoms with van der Waals surface area (Å²) in [5, 5.41) is 3.63. The molecule has 16 heavy (non-hydrogen) atoms. The molecule has 1 aliphatic heterocycles. The number of hydrogen-bond acceptors (Lipinski definition) is 2. The molecule has 3 heteroatoms. The molecule has 1 aliphatic rings. The van der Waals surface area contributed by atoms with E-state index in [2.05, 4.69) is 58.3 Å². The van der Waals surface area contributed by atoms with Crippen LogP contribution in [0.25, 0.3) is 0 Å². The first-order valence-electron chi connectivity index (χ1n) is 5.87. The molecule has 1 heterocycles. The van der Waals surface area contributed by atoms with Crippen LogP contribution in [0.4, 0.5) is 5.69 Å². The van der Waals surface area contributed by atoms with Gasteiger partial charge in [-0.2, -0.15) is 0 Å². The third-order valence-electron chi connectivity index (χ3n) is 3.18. The molecule has 1 atom stereocenters. The maximum atomic E-state index is 3.65. The van der Waals surface area contributed by atoms with Gasteiger partial charge in [-0.05, 0) is 60.9 Å². The molecule has 1 saturated heterocycles. The lowest BCUT2D eigenvalue weighted by Crippen LogP contribution is -2.39. The summed E-state index contributed by atoms with van der Waals surface area (Å²) in [5.74, 6) is 0. The Kier molecular flexibility index (Phi) is 3.87. The lowest BCUT2D eigenvalue weighted by atomic mass is 10.1. The molecule has 1 N–H and O–H groups in total. The summed E-state index contributed by atoms with van der Waals surface area (Å²) in [5.41, 5.74) is 2.51. The third-order valence-corrected chi connectivity index (χ3v) is 4.23. The van der Waals surface area contributed by atoms with E-state index in [-0.39, 0.29) is 0 Å². The molecular formula is C13H19BrN2. The Labute approximate surface area is 106 Å². The molecule has 2 nitrogen and oxygen atoms in total. The van der Waals surface area contributed by atoms with Crippen molar-refractivity contribution in [1.29, 1.82) is 0 Å². The summed E-state index contributed by atoms with van der Waals surface area (Å²) in [7, 11) is 2.19. The molecule has 2 rings (SSSR count). The average molecular weight is 283 g/mol. The summed E-state index contributed by atoms with van der Waals surface area (Å²) >= 11 is 3.65. The fourth-order valence-corrected chi connectivity index (χ4v) is 2.64. The monoisotopic (exact) mass is 282 g/mol. The Morgan fingerprint density at radius 1 is 1.44 bits per heavy atom. The first kappa shape index (κ1) is 11.9. The first-order valence-corrected chi connectivity index (χ1v) is 6.66. The molecule has 1 unspecified atom stereocenters. The number of halogens is 1. The Hall–Kier alpha value is -0.540. The standard InChI is InChI=1S/C13H19BrN2/c1-10-5-3-7-12(13(10)14)15-11-6-4-8-16(2)9-11/h3,5,7,11,15H,4,6,8-9H2,1-2H3. The molecule has 0 saturated carbocycles. The van der Waals surface area contributed by atoms with Gasteiger partial charge in [0.1, 0.15) is 0 Å². The van der Waals surface area contributed by atoms with Gasteiger partial charge in [-0.1, -0.05) is 12.1 Å². The zero-order chi connectivity index (χ0) is 11.5. The van der Waals surface area contributed by atoms with Crippen molar-refractivity contribution in [2.45, 2.75) is 25.8 Å². The van der Waals surface area contributed by atoms with Crippen LogP contribution in [0, 0.1) is 6.92 Å². The Bertz CT molecular complexity index is 365. The SMILES string of the molecule is Cc1cccc(NC2CCCN(C)C2)c1Br. The van der Waals surface area contributed by atoms with Crippen LogP contribution >= 0.6 is 15.9 Å². The van der Waals surface area contributed by atoms with E-state index in [1.54, 1.807) is 0 Å². The second kappa shape index (κ2) is 5.19. The number of likely N-dealkylation sites (N-methyl/N-ethyl adjacent to an activating group) is 1. The van der Waals surface area contributed by atoms with Gasteiger partial charge in [-0.25, -0.2) is 0 Å². The van der Waals surface area contributed by atoms with E-state index in [0.29, 0.717) is 6.04 Å². The maximum Gasteiger partial charge on any atom is 0.0489 e. The van der Waals surface area contributed by atoms with Crippen molar-refractivity contribution in [2.24, 2.45) is 0 Å². The topological polar surface area (TPSA) is 15.3 Å². The number of aryl methyl sites for hydroxylation is 1. The van der Waals surface area contributed by atoms with E-state index in [1.165, 1.54) is 35.1 Å². The molecule has 0 radical (unpaired) electrons. The van der Waals surface area contributed by atoms with Gasteiger partial charge in [-0.15, -0.1) is 0 Å². The fraction of sp³-hybridized carbons (Fsp3) is 0.538. The Morgan fingerprint density at radius 3 is 3.00 bits per heavy atom. The number of hydrogen-bond donors (Lipinski definition) is 1. The lowest BCUT2D eigenvalue weighted by molar-refractivity contribution is 0.261. The van der Waals surface area contributed by atoms with Crippen LogP contribution in [0.2, 0.25) is 0 Å². The van der Waals surface area contributed by atoms with E-state index >= 15 is 0 Å². The molecule has 1 fully saturated rings. The minimum absolute atomic E-state index is 0.580. The van der Waals surface area contributed by atoms with E-state index in [1.807, 2.05) is 0 Å². The van der Waals surface area contributed by atoms with Gasteiger partial charge >= 0.3 is 0 Å². The first-order chi connectivity index (χ1) is 7.66. The zero-order valence-electron chi connectivity index (χ0n) is 9.96. The predicted molar refractivity (Wildman–Crippen MR) is 73.0 cm³/mol. The van der Waals surface area contributed by atoms with Gasteiger partial charge in [-0.3, -0.25) is 0 Å². The number of nitrogens with zero attached hydrogens (tertiary/aromatic N) is 1. The number of likely N-dealkylation sites (tertiary alicyclic amines) is 1. The minimum atomic E-state index is 0.580. The number of benzene rings is 1. The van der Waals surface area contributed by atoms with Gasteiger partial charge in [0.25, 0.3) is 0 Å². The maximum absolute atomic E-state index is 3.65. The van der Waals surface area contributed by atoms with Crippen molar-refractivity contribution in [2.75, 3.05) is 25.5 Å². The summed E-state index contributed by atoms with van der Waals surface area (Å²) in [4.78, 5) is 2.39. The van der Waals surface area contributed by atoms with Crippen molar-refractivity contribution in [3.8, 4) is 0 Å². The highest BCUT2D eigenvalue weighted by molar-refractivity contribution is 9.10. The number of nitrogens with one attached hydrogen (secondary N) is 1. The van der Waals surface area contributed by atoms with Gasteiger partial charge in [0, 0.05) is 22.7 Å². The smallest absolute Gasteiger partial charge is 0.0489 e. The van der Waals surface area contributed by atoms with Crippen molar-refractivity contribution >= 4 is 21.6 Å². The van der Waals surface area contributed by atoms with E-state index in [9.17, 15) is 0 Å². The van der Waals surface area contributed by atoms with Crippen LogP contribution in [0.3, 0.4) is 0 Å². The molecular weight excluding hydrogens is 264 g/mol. The molecule has 1 aromatic rings. The summed E-state index contributed by atoms with van der Waals surface area (Å²) in [6, 6.07) is 6.96. The molecule has 1 aromatic carbocycles. The van der Waals surface area contributed by atoms with Crippen LogP contribution in [0.15, 0.2) is 22.7 Å². The van der Waals surface area contributed by atoms with Crippen molar-refractivity contribution in [1.82, 2.24) is 4.90 Å². The van der Waals surface area contributed by atoms with Crippen LogP contribution in [0.5, 0.6) is 0 Å². The Balaban J connectivity index is 2.05. The van der Waals surface area contributed by atoms with Crippen LogP contribution in [-0.4, -0.2) is 31.1 Å². The van der Waals surface area contributed by atoms with Crippen molar-refractivity contribution < 1.29 is 0 Å². The Morgan fingerprint density at radius 2 is 2.25 bits per heavy atom. The highest BCUT2D eigenvalue weighted by atomic mass is 79.9. The number of rotatable bonds is 2. The van der Waals surface area contributed by atoms with Crippen LogP contribution in [-0.2, 0) is 0 Å². The van der Waals surface area contributed by atoms with Crippen molar-refractivity contribution in [3.05, 3.63) is 28.2 Å². The summed E-state index contributed by atoms with van der Waals surface area (Å²) < 4.78 is 1.20. The van der Waals surface area contributed by atoms with Gasteiger partial charge in [0.2, 0.25) is 0 Å². The van der Waals surface area contributed by atoms with Crippen LogP contribution in [0.1, 0.15) is 18.4 Å². The molecule has 0 bridgehead atoms. The number of anilines is 1. The molecule has 0 aliphatic carbocycles. The minimum Gasteiger partial charge on any atom is -0.380 e. The van der Waals surface area contributed by atoms with Gasteiger partial charge < -0.3 is 10.2 Å². The highest BCUT2D eigenvalue weighted by Gasteiger charge is 2.17. The normalized spacial score (nSPS) is 22.1. The summed E-state index contributed by atoms with van der Waals surface area (Å²) in [6.45, 7) is 4.50. The van der Waals surface area contributed by atoms with Crippen molar-refractivity contribution in [3.63, 3.8) is 0 Å². The second-order valence-corrected chi connectivity index (χ2v) is 5.48. The number of piperidine rings is 1. The highest BCUT2D eigenvalue weighted by Crippen LogP contribution is 2.27. The van der Waals surface area contributed by atoms with Gasteiger partial charge in [0.15, 0.2) is 0 Å². The molecule has 0 amide bonds. The lowest BCUT2D eigenvalue weighted by Gasteiger charge is -2.31. The van der Waals surface area contributed by atoms with E-state index < -0.39 is 0 Å². The fourth-order valence-electron chi connectivity index (χ4n) is 2.26. The largest absolute Gasteiger partial charge is 0.380 e. The second-order valence-electron chi connectivity index (χ2n) is 4.68. The van der Waals surface area contributed by atoms with Crippen LogP contribution < -0.4 is 5.32 Å². The third kappa shape index (κ3) is 2.77. The molecule has 88 valence electrons.